The smallest absolute Gasteiger partial charge is 0.270 e. The molecule has 32 heavy (non-hydrogen) atoms. The molecule has 0 radical (unpaired) electrons. The Morgan fingerprint density at radius 1 is 0.969 bits per heavy atom. The Bertz CT molecular complexity index is 1330. The number of fused-ring (bicyclic) bond motifs is 1. The van der Waals surface area contributed by atoms with Gasteiger partial charge in [-0.2, -0.15) is 5.10 Å². The first-order chi connectivity index (χ1) is 15.3. The van der Waals surface area contributed by atoms with Crippen molar-refractivity contribution in [2.24, 2.45) is 5.10 Å². The van der Waals surface area contributed by atoms with E-state index in [1.165, 1.54) is 23.8 Å². The Labute approximate surface area is 190 Å². The zero-order chi connectivity index (χ0) is 22.7. The van der Waals surface area contributed by atoms with E-state index in [4.69, 9.17) is 11.6 Å². The molecule has 0 fully saturated rings. The number of benzene rings is 3. The number of nitrogens with zero attached hydrogens (tertiary/aromatic N) is 2. The summed E-state index contributed by atoms with van der Waals surface area (Å²) in [6, 6.07) is 17.8. The third-order valence-corrected chi connectivity index (χ3v) is 6.82. The average molecular weight is 471 g/mol. The van der Waals surface area contributed by atoms with Gasteiger partial charge >= 0.3 is 0 Å². The Kier molecular flexibility index (Phi) is 6.11. The number of rotatable bonds is 6. The summed E-state index contributed by atoms with van der Waals surface area (Å²) < 4.78 is 28.6. The number of hydrazone groups is 1. The molecule has 2 N–H and O–H groups in total. The highest BCUT2D eigenvalue weighted by Gasteiger charge is 2.24. The number of aryl methyl sites for hydroxylation is 1. The van der Waals surface area contributed by atoms with Gasteiger partial charge in [-0.25, -0.2) is 8.42 Å². The number of nitro groups is 1. The van der Waals surface area contributed by atoms with Gasteiger partial charge in [-0.05, 0) is 43.0 Å². The molecule has 0 amide bonds. The fourth-order valence-corrected chi connectivity index (χ4v) is 5.02. The third kappa shape index (κ3) is 4.58. The van der Waals surface area contributed by atoms with Crippen LogP contribution in [0.15, 0.2) is 76.7 Å². The van der Waals surface area contributed by atoms with Gasteiger partial charge in [0.25, 0.3) is 15.7 Å². The highest BCUT2D eigenvalue weighted by Crippen LogP contribution is 2.31. The molecule has 0 saturated heterocycles. The fraction of sp³-hybridized carbons (Fsp3) is 0.136. The summed E-state index contributed by atoms with van der Waals surface area (Å²) in [5.41, 5.74) is 5.72. The van der Waals surface area contributed by atoms with E-state index in [0.717, 1.165) is 36.6 Å². The van der Waals surface area contributed by atoms with Gasteiger partial charge in [0, 0.05) is 17.7 Å². The minimum absolute atomic E-state index is 0.116. The minimum atomic E-state index is -4.21. The molecule has 0 aliphatic heterocycles. The number of non-ortho nitro benzene ring substituents is 1. The number of hydrogen-bond donors (Lipinski definition) is 2. The van der Waals surface area contributed by atoms with E-state index in [2.05, 4.69) is 15.2 Å². The van der Waals surface area contributed by atoms with Gasteiger partial charge in [-0.15, -0.1) is 0 Å². The second kappa shape index (κ2) is 8.97. The van der Waals surface area contributed by atoms with Crippen LogP contribution in [0.1, 0.15) is 24.0 Å². The van der Waals surface area contributed by atoms with Crippen LogP contribution in [-0.2, 0) is 16.4 Å². The van der Waals surface area contributed by atoms with Crippen LogP contribution in [0.5, 0.6) is 0 Å². The highest BCUT2D eigenvalue weighted by molar-refractivity contribution is 7.93. The molecule has 0 saturated carbocycles. The number of nitro benzene ring substituents is 1. The summed E-state index contributed by atoms with van der Waals surface area (Å²) in [6.07, 6.45) is 2.61. The Morgan fingerprint density at radius 3 is 2.50 bits per heavy atom. The van der Waals surface area contributed by atoms with Gasteiger partial charge in [0.05, 0.1) is 27.0 Å². The van der Waals surface area contributed by atoms with E-state index in [1.54, 1.807) is 18.2 Å². The quantitative estimate of drug-likeness (QED) is 0.379. The maximum Gasteiger partial charge on any atom is 0.270 e. The summed E-state index contributed by atoms with van der Waals surface area (Å²) in [7, 11) is -4.21. The summed E-state index contributed by atoms with van der Waals surface area (Å²) >= 11 is 6.08. The van der Waals surface area contributed by atoms with Crippen LogP contribution in [-0.4, -0.2) is 19.1 Å². The van der Waals surface area contributed by atoms with Crippen LogP contribution in [0.4, 0.5) is 17.1 Å². The van der Waals surface area contributed by atoms with Crippen molar-refractivity contribution in [3.05, 3.63) is 93.0 Å². The van der Waals surface area contributed by atoms with Crippen molar-refractivity contribution in [1.82, 2.24) is 0 Å². The third-order valence-electron chi connectivity index (χ3n) is 5.08. The predicted molar refractivity (Wildman–Crippen MR) is 125 cm³/mol. The molecule has 4 rings (SSSR count). The summed E-state index contributed by atoms with van der Waals surface area (Å²) in [5.74, 6) is 0. The van der Waals surface area contributed by atoms with Crippen molar-refractivity contribution < 1.29 is 13.3 Å². The van der Waals surface area contributed by atoms with E-state index < -0.39 is 14.9 Å². The van der Waals surface area contributed by atoms with E-state index in [-0.39, 0.29) is 27.0 Å². The molecule has 0 atom stereocenters. The van der Waals surface area contributed by atoms with Crippen LogP contribution in [0.25, 0.3) is 0 Å². The van der Waals surface area contributed by atoms with Crippen molar-refractivity contribution in [2.75, 3.05) is 10.1 Å². The summed E-state index contributed by atoms with van der Waals surface area (Å²) in [5, 5.41) is 15.9. The van der Waals surface area contributed by atoms with Gasteiger partial charge in [0.1, 0.15) is 4.90 Å². The predicted octanol–water partition coefficient (Wildman–Crippen LogP) is 5.20. The SMILES string of the molecule is O=[N+]([O-])c1ccc(NN=C2CCCc3ccccc32)c(S(=O)(=O)Nc2ccccc2Cl)c1. The van der Waals surface area contributed by atoms with E-state index in [0.29, 0.717) is 0 Å². The Morgan fingerprint density at radius 2 is 1.72 bits per heavy atom. The Hall–Kier alpha value is -3.43. The minimum Gasteiger partial charge on any atom is -0.278 e. The molecule has 164 valence electrons. The van der Waals surface area contributed by atoms with Crippen LogP contribution in [0.3, 0.4) is 0 Å². The largest absolute Gasteiger partial charge is 0.278 e. The lowest BCUT2D eigenvalue weighted by Gasteiger charge is -2.18. The number of nitrogens with one attached hydrogen (secondary N) is 2. The number of anilines is 2. The molecule has 0 aromatic heterocycles. The van der Waals surface area contributed by atoms with Gasteiger partial charge in [0.15, 0.2) is 0 Å². The Balaban J connectivity index is 1.72. The second-order valence-electron chi connectivity index (χ2n) is 7.20. The maximum absolute atomic E-state index is 13.1. The lowest BCUT2D eigenvalue weighted by molar-refractivity contribution is -0.385. The lowest BCUT2D eigenvalue weighted by Crippen LogP contribution is -2.16. The number of sulfonamides is 1. The van der Waals surface area contributed by atoms with Crippen LogP contribution in [0.2, 0.25) is 5.02 Å². The standard InChI is InChI=1S/C22H19ClN4O4S/c23-18-9-3-4-10-20(18)26-32(30,31)22-14-16(27(28)29)12-13-21(22)25-24-19-11-5-7-15-6-1-2-8-17(15)19/h1-4,6,8-10,12-14,25-26H,5,7,11H2. The summed E-state index contributed by atoms with van der Waals surface area (Å²) in [4.78, 5) is 10.3. The first-order valence-corrected chi connectivity index (χ1v) is 11.7. The number of para-hydroxylation sites is 1. The van der Waals surface area contributed by atoms with Gasteiger partial charge in [-0.1, -0.05) is 48.0 Å². The highest BCUT2D eigenvalue weighted by atomic mass is 35.5. The van der Waals surface area contributed by atoms with E-state index in [9.17, 15) is 18.5 Å². The lowest BCUT2D eigenvalue weighted by atomic mass is 9.90. The molecule has 8 nitrogen and oxygen atoms in total. The molecular formula is C22H19ClN4O4S. The van der Waals surface area contributed by atoms with Gasteiger partial charge in [-0.3, -0.25) is 20.3 Å². The topological polar surface area (TPSA) is 114 Å². The van der Waals surface area contributed by atoms with Crippen molar-refractivity contribution in [3.8, 4) is 0 Å². The molecule has 10 heteroatoms. The van der Waals surface area contributed by atoms with E-state index >= 15 is 0 Å². The summed E-state index contributed by atoms with van der Waals surface area (Å²) in [6.45, 7) is 0. The molecule has 0 bridgehead atoms. The van der Waals surface area contributed by atoms with Crippen LogP contribution < -0.4 is 10.1 Å². The van der Waals surface area contributed by atoms with Crippen LogP contribution in [0, 0.1) is 10.1 Å². The first-order valence-electron chi connectivity index (χ1n) is 9.82. The molecular weight excluding hydrogens is 452 g/mol. The number of halogens is 1. The van der Waals surface area contributed by atoms with E-state index in [1.807, 2.05) is 24.3 Å². The average Bonchev–Trinajstić information content (AvgIpc) is 2.79. The monoisotopic (exact) mass is 470 g/mol. The molecule has 0 spiro atoms. The van der Waals surface area contributed by atoms with Crippen molar-refractivity contribution in [3.63, 3.8) is 0 Å². The molecule has 1 aliphatic carbocycles. The maximum atomic E-state index is 13.1. The molecule has 0 heterocycles. The van der Waals surface area contributed by atoms with Crippen LogP contribution >= 0.6 is 11.6 Å². The van der Waals surface area contributed by atoms with Crippen molar-refractivity contribution >= 4 is 44.4 Å². The van der Waals surface area contributed by atoms with Crippen molar-refractivity contribution in [1.29, 1.82) is 0 Å². The first kappa shape index (κ1) is 21.8. The second-order valence-corrected chi connectivity index (χ2v) is 9.26. The number of hydrogen-bond acceptors (Lipinski definition) is 6. The molecule has 3 aromatic carbocycles. The zero-order valence-electron chi connectivity index (χ0n) is 16.8. The van der Waals surface area contributed by atoms with Gasteiger partial charge < -0.3 is 0 Å². The van der Waals surface area contributed by atoms with Crippen molar-refractivity contribution in [2.45, 2.75) is 24.2 Å². The molecule has 3 aromatic rings. The fourth-order valence-electron chi connectivity index (χ4n) is 3.53. The zero-order valence-corrected chi connectivity index (χ0v) is 18.4. The van der Waals surface area contributed by atoms with Gasteiger partial charge in [0.2, 0.25) is 0 Å². The molecule has 0 unspecified atom stereocenters. The normalized spacial score (nSPS) is 14.6. The molecule has 1 aliphatic rings.